The van der Waals surface area contributed by atoms with Crippen molar-refractivity contribution in [2.24, 2.45) is 0 Å². The molecule has 0 radical (unpaired) electrons. The van der Waals surface area contributed by atoms with Gasteiger partial charge in [-0.2, -0.15) is 0 Å². The normalized spacial score (nSPS) is 8.87. The standard InChI is InChI=1S/C10H11N3O2/c1-2-3-4-5-12-9-7-11-6-8(13-9)10(14)15/h6-7H,4-5H2,1H3,(H,12,13)(H,14,15). The minimum absolute atomic E-state index is 0.0680. The van der Waals surface area contributed by atoms with E-state index in [1.807, 2.05) is 0 Å². The second kappa shape index (κ2) is 5.60. The maximum atomic E-state index is 10.6. The van der Waals surface area contributed by atoms with Crippen LogP contribution < -0.4 is 5.32 Å². The van der Waals surface area contributed by atoms with Gasteiger partial charge in [0.1, 0.15) is 5.82 Å². The van der Waals surface area contributed by atoms with Crippen molar-refractivity contribution in [2.45, 2.75) is 13.3 Å². The highest BCUT2D eigenvalue weighted by molar-refractivity contribution is 5.85. The summed E-state index contributed by atoms with van der Waals surface area (Å²) in [4.78, 5) is 18.2. The van der Waals surface area contributed by atoms with Crippen LogP contribution in [0.25, 0.3) is 0 Å². The Morgan fingerprint density at radius 2 is 2.40 bits per heavy atom. The molecule has 0 unspecified atom stereocenters. The van der Waals surface area contributed by atoms with E-state index in [0.29, 0.717) is 18.8 Å². The van der Waals surface area contributed by atoms with E-state index in [-0.39, 0.29) is 5.69 Å². The predicted molar refractivity (Wildman–Crippen MR) is 55.5 cm³/mol. The van der Waals surface area contributed by atoms with E-state index in [2.05, 4.69) is 27.1 Å². The van der Waals surface area contributed by atoms with E-state index in [0.717, 1.165) is 0 Å². The molecule has 0 aliphatic rings. The van der Waals surface area contributed by atoms with Crippen molar-refractivity contribution in [2.75, 3.05) is 11.9 Å². The highest BCUT2D eigenvalue weighted by atomic mass is 16.4. The molecule has 0 amide bonds. The molecule has 1 aromatic rings. The second-order valence-corrected chi connectivity index (χ2v) is 2.70. The van der Waals surface area contributed by atoms with Crippen LogP contribution in [-0.4, -0.2) is 27.6 Å². The van der Waals surface area contributed by atoms with Crippen LogP contribution in [0.1, 0.15) is 23.8 Å². The van der Waals surface area contributed by atoms with Gasteiger partial charge in [-0.3, -0.25) is 4.98 Å². The Labute approximate surface area is 87.6 Å². The summed E-state index contributed by atoms with van der Waals surface area (Å²) in [5.41, 5.74) is -0.0680. The van der Waals surface area contributed by atoms with Gasteiger partial charge in [-0.1, -0.05) is 0 Å². The molecule has 5 heteroatoms. The van der Waals surface area contributed by atoms with Crippen molar-refractivity contribution < 1.29 is 9.90 Å². The average Bonchev–Trinajstić information content (AvgIpc) is 2.25. The van der Waals surface area contributed by atoms with Gasteiger partial charge in [0.05, 0.1) is 12.4 Å². The van der Waals surface area contributed by atoms with Crippen LogP contribution in [0.15, 0.2) is 12.4 Å². The van der Waals surface area contributed by atoms with Gasteiger partial charge in [-0.05, 0) is 6.92 Å². The van der Waals surface area contributed by atoms with Crippen LogP contribution >= 0.6 is 0 Å². The number of aromatic carboxylic acids is 1. The quantitative estimate of drug-likeness (QED) is 0.566. The molecule has 15 heavy (non-hydrogen) atoms. The fourth-order valence-corrected chi connectivity index (χ4v) is 0.932. The molecule has 1 aromatic heterocycles. The van der Waals surface area contributed by atoms with Gasteiger partial charge in [0.2, 0.25) is 0 Å². The number of hydrogen-bond acceptors (Lipinski definition) is 4. The topological polar surface area (TPSA) is 75.1 Å². The van der Waals surface area contributed by atoms with Gasteiger partial charge in [-0.25, -0.2) is 9.78 Å². The van der Waals surface area contributed by atoms with E-state index in [4.69, 9.17) is 5.11 Å². The molecule has 2 N–H and O–H groups in total. The fraction of sp³-hybridized carbons (Fsp3) is 0.300. The van der Waals surface area contributed by atoms with Crippen LogP contribution in [0.4, 0.5) is 5.82 Å². The van der Waals surface area contributed by atoms with Crippen LogP contribution in [0.5, 0.6) is 0 Å². The van der Waals surface area contributed by atoms with Crippen molar-refractivity contribution >= 4 is 11.8 Å². The SMILES string of the molecule is CC#CCCNc1cncc(C(=O)O)n1. The summed E-state index contributed by atoms with van der Waals surface area (Å²) in [6.45, 7) is 2.39. The molecule has 0 aliphatic carbocycles. The number of anilines is 1. The van der Waals surface area contributed by atoms with Crippen LogP contribution in [0.2, 0.25) is 0 Å². The van der Waals surface area contributed by atoms with Crippen molar-refractivity contribution in [3.63, 3.8) is 0 Å². The summed E-state index contributed by atoms with van der Waals surface area (Å²) in [5.74, 6) is 5.01. The maximum absolute atomic E-state index is 10.6. The molecule has 0 aliphatic heterocycles. The number of carboxylic acids is 1. The molecular weight excluding hydrogens is 194 g/mol. The second-order valence-electron chi connectivity index (χ2n) is 2.70. The van der Waals surface area contributed by atoms with Gasteiger partial charge in [0, 0.05) is 13.0 Å². The highest BCUT2D eigenvalue weighted by Gasteiger charge is 2.04. The summed E-state index contributed by atoms with van der Waals surface area (Å²) in [5, 5.41) is 11.6. The van der Waals surface area contributed by atoms with Gasteiger partial charge < -0.3 is 10.4 Å². The molecule has 0 spiro atoms. The van der Waals surface area contributed by atoms with E-state index in [1.54, 1.807) is 6.92 Å². The summed E-state index contributed by atoms with van der Waals surface area (Å²) in [6.07, 6.45) is 3.38. The van der Waals surface area contributed by atoms with Gasteiger partial charge >= 0.3 is 5.97 Å². The molecule has 0 fully saturated rings. The van der Waals surface area contributed by atoms with Crippen LogP contribution in [0.3, 0.4) is 0 Å². The van der Waals surface area contributed by atoms with Crippen LogP contribution in [-0.2, 0) is 0 Å². The number of nitrogens with zero attached hydrogens (tertiary/aromatic N) is 2. The summed E-state index contributed by atoms with van der Waals surface area (Å²) < 4.78 is 0. The summed E-state index contributed by atoms with van der Waals surface area (Å²) >= 11 is 0. The highest BCUT2D eigenvalue weighted by Crippen LogP contribution is 2.01. The Morgan fingerprint density at radius 1 is 1.60 bits per heavy atom. The third kappa shape index (κ3) is 3.65. The summed E-state index contributed by atoms with van der Waals surface area (Å²) in [7, 11) is 0. The lowest BCUT2D eigenvalue weighted by molar-refractivity contribution is 0.0690. The van der Waals surface area contributed by atoms with E-state index in [9.17, 15) is 4.79 Å². The monoisotopic (exact) mass is 205 g/mol. The summed E-state index contributed by atoms with van der Waals surface area (Å²) in [6, 6.07) is 0. The van der Waals surface area contributed by atoms with Gasteiger partial charge in [0.25, 0.3) is 0 Å². The molecule has 0 saturated heterocycles. The average molecular weight is 205 g/mol. The molecule has 1 heterocycles. The number of aromatic nitrogens is 2. The molecule has 1 rings (SSSR count). The lowest BCUT2D eigenvalue weighted by Gasteiger charge is -2.02. The van der Waals surface area contributed by atoms with Crippen LogP contribution in [0, 0.1) is 11.8 Å². The van der Waals surface area contributed by atoms with Crippen molar-refractivity contribution in [3.8, 4) is 11.8 Å². The van der Waals surface area contributed by atoms with Crippen molar-refractivity contribution in [1.29, 1.82) is 0 Å². The minimum atomic E-state index is -1.08. The van der Waals surface area contributed by atoms with E-state index >= 15 is 0 Å². The Hall–Kier alpha value is -2.09. The molecule has 0 bridgehead atoms. The molecule has 78 valence electrons. The van der Waals surface area contributed by atoms with Crippen molar-refractivity contribution in [1.82, 2.24) is 9.97 Å². The molecule has 0 aromatic carbocycles. The Morgan fingerprint density at radius 3 is 3.07 bits per heavy atom. The molecular formula is C10H11N3O2. The van der Waals surface area contributed by atoms with Gasteiger partial charge in [-0.15, -0.1) is 11.8 Å². The Kier molecular flexibility index (Phi) is 4.10. The first-order valence-electron chi connectivity index (χ1n) is 4.43. The number of carbonyl (C=O) groups is 1. The van der Waals surface area contributed by atoms with Crippen molar-refractivity contribution in [3.05, 3.63) is 18.1 Å². The Bertz CT molecular complexity index is 407. The lowest BCUT2D eigenvalue weighted by Crippen LogP contribution is -2.07. The fourth-order valence-electron chi connectivity index (χ4n) is 0.932. The first kappa shape index (κ1) is 11.0. The third-order valence-corrected chi connectivity index (χ3v) is 1.59. The Balaban J connectivity index is 2.56. The largest absolute Gasteiger partial charge is 0.476 e. The first-order chi connectivity index (χ1) is 7.24. The zero-order valence-electron chi connectivity index (χ0n) is 8.32. The lowest BCUT2D eigenvalue weighted by atomic mass is 10.4. The van der Waals surface area contributed by atoms with E-state index in [1.165, 1.54) is 12.4 Å². The first-order valence-corrected chi connectivity index (χ1v) is 4.43. The van der Waals surface area contributed by atoms with Gasteiger partial charge in [0.15, 0.2) is 5.69 Å². The minimum Gasteiger partial charge on any atom is -0.476 e. The number of nitrogens with one attached hydrogen (secondary N) is 1. The molecule has 5 nitrogen and oxygen atoms in total. The molecule has 0 atom stereocenters. The maximum Gasteiger partial charge on any atom is 0.356 e. The zero-order chi connectivity index (χ0) is 11.1. The third-order valence-electron chi connectivity index (χ3n) is 1.59. The molecule has 0 saturated carbocycles. The van der Waals surface area contributed by atoms with E-state index < -0.39 is 5.97 Å². The number of hydrogen-bond donors (Lipinski definition) is 2. The predicted octanol–water partition coefficient (Wildman–Crippen LogP) is 1.00. The smallest absolute Gasteiger partial charge is 0.356 e. The zero-order valence-corrected chi connectivity index (χ0v) is 8.32. The number of rotatable bonds is 4. The number of carboxylic acid groups (broad SMARTS) is 1.